The average molecular weight is 584 g/mol. The molecule has 0 unspecified atom stereocenters. The Labute approximate surface area is 242 Å². The number of anilines is 1. The molecular formula is C31H38FN3O5S. The maximum absolute atomic E-state index is 14.0. The fourth-order valence-corrected chi connectivity index (χ4v) is 5.77. The largest absolute Gasteiger partial charge is 0.494 e. The van der Waals surface area contributed by atoms with Gasteiger partial charge in [-0.1, -0.05) is 50.6 Å². The Bertz CT molecular complexity index is 1370. The van der Waals surface area contributed by atoms with Crippen molar-refractivity contribution in [3.05, 3.63) is 90.2 Å². The molecule has 0 aliphatic carbocycles. The molecular weight excluding hydrogens is 545 g/mol. The number of ether oxygens (including phenoxy) is 1. The standard InChI is InChI=1S/C31H38FN3O5S/c1-4-7-21-33-31(37)29(5-2)34(22-24-13-15-25(32)16-14-24)30(36)23-35(26-17-19-27(20-18-26)40-6-3)41(38,39)28-11-9-8-10-12-28/h8-20,29H,4-7,21-23H2,1-3H3,(H,33,37)/t29-/m0/s1. The number of rotatable bonds is 15. The molecule has 8 nitrogen and oxygen atoms in total. The zero-order chi connectivity index (χ0) is 29.8. The Kier molecular flexibility index (Phi) is 11.7. The summed E-state index contributed by atoms with van der Waals surface area (Å²) < 4.78 is 47.9. The second kappa shape index (κ2) is 15.2. The number of sulfonamides is 1. The average Bonchev–Trinajstić information content (AvgIpc) is 2.98. The van der Waals surface area contributed by atoms with E-state index in [1.54, 1.807) is 61.5 Å². The van der Waals surface area contributed by atoms with Crippen molar-refractivity contribution in [2.45, 2.75) is 57.5 Å². The number of hydrogen-bond donors (Lipinski definition) is 1. The van der Waals surface area contributed by atoms with Gasteiger partial charge in [-0.05, 0) is 73.9 Å². The van der Waals surface area contributed by atoms with Crippen LogP contribution < -0.4 is 14.4 Å². The number of amides is 2. The van der Waals surface area contributed by atoms with Gasteiger partial charge < -0.3 is 15.0 Å². The Hall–Kier alpha value is -3.92. The molecule has 0 aliphatic rings. The lowest BCUT2D eigenvalue weighted by atomic mass is 10.1. The number of unbranched alkanes of at least 4 members (excludes halogenated alkanes) is 1. The topological polar surface area (TPSA) is 96.0 Å². The van der Waals surface area contributed by atoms with Crippen LogP contribution in [0.1, 0.15) is 45.6 Å². The van der Waals surface area contributed by atoms with Crippen molar-refractivity contribution in [2.75, 3.05) is 24.0 Å². The summed E-state index contributed by atoms with van der Waals surface area (Å²) in [5.41, 5.74) is 0.880. The molecule has 0 aliphatic heterocycles. The molecule has 0 aromatic heterocycles. The van der Waals surface area contributed by atoms with Gasteiger partial charge in [0.25, 0.3) is 10.0 Å². The molecule has 2 amide bonds. The summed E-state index contributed by atoms with van der Waals surface area (Å²) in [6, 6.07) is 19.1. The molecule has 1 N–H and O–H groups in total. The van der Waals surface area contributed by atoms with E-state index >= 15 is 0 Å². The minimum absolute atomic E-state index is 0.00131. The maximum Gasteiger partial charge on any atom is 0.264 e. The van der Waals surface area contributed by atoms with E-state index in [4.69, 9.17) is 4.74 Å². The van der Waals surface area contributed by atoms with Crippen molar-refractivity contribution in [3.63, 3.8) is 0 Å². The fraction of sp³-hybridized carbons (Fsp3) is 0.355. The molecule has 3 aromatic rings. The summed E-state index contributed by atoms with van der Waals surface area (Å²) in [6.07, 6.45) is 1.98. The third kappa shape index (κ3) is 8.53. The lowest BCUT2D eigenvalue weighted by Gasteiger charge is -2.33. The van der Waals surface area contributed by atoms with Gasteiger partial charge in [0.2, 0.25) is 11.8 Å². The van der Waals surface area contributed by atoms with E-state index in [0.29, 0.717) is 30.9 Å². The van der Waals surface area contributed by atoms with Crippen LogP contribution in [0.5, 0.6) is 5.75 Å². The number of benzene rings is 3. The second-order valence-electron chi connectivity index (χ2n) is 9.47. The highest BCUT2D eigenvalue weighted by molar-refractivity contribution is 7.92. The van der Waals surface area contributed by atoms with E-state index in [9.17, 15) is 22.4 Å². The number of carbonyl (C=O) groups excluding carboxylic acids is 2. The minimum Gasteiger partial charge on any atom is -0.494 e. The van der Waals surface area contributed by atoms with Gasteiger partial charge >= 0.3 is 0 Å². The molecule has 0 radical (unpaired) electrons. The molecule has 3 rings (SSSR count). The van der Waals surface area contributed by atoms with Gasteiger partial charge in [-0.25, -0.2) is 12.8 Å². The van der Waals surface area contributed by atoms with Crippen LogP contribution in [-0.4, -0.2) is 50.9 Å². The van der Waals surface area contributed by atoms with Gasteiger partial charge in [0.05, 0.1) is 17.2 Å². The van der Waals surface area contributed by atoms with Crippen molar-refractivity contribution in [1.82, 2.24) is 10.2 Å². The molecule has 41 heavy (non-hydrogen) atoms. The third-order valence-corrected chi connectivity index (χ3v) is 8.32. The van der Waals surface area contributed by atoms with Crippen molar-refractivity contribution in [2.24, 2.45) is 0 Å². The summed E-state index contributed by atoms with van der Waals surface area (Å²) in [6.45, 7) is 6.01. The highest BCUT2D eigenvalue weighted by Gasteiger charge is 2.33. The predicted molar refractivity (Wildman–Crippen MR) is 158 cm³/mol. The Morgan fingerprint density at radius 2 is 1.59 bits per heavy atom. The van der Waals surface area contributed by atoms with Gasteiger partial charge in [0, 0.05) is 13.1 Å². The quantitative estimate of drug-likeness (QED) is 0.250. The molecule has 3 aromatic carbocycles. The van der Waals surface area contributed by atoms with E-state index in [-0.39, 0.29) is 23.0 Å². The van der Waals surface area contributed by atoms with Crippen LogP contribution in [0.15, 0.2) is 83.8 Å². The van der Waals surface area contributed by atoms with E-state index < -0.39 is 34.3 Å². The molecule has 0 spiro atoms. The molecule has 220 valence electrons. The number of hydrogen-bond acceptors (Lipinski definition) is 5. The first-order chi connectivity index (χ1) is 19.7. The van der Waals surface area contributed by atoms with Gasteiger partial charge in [-0.15, -0.1) is 0 Å². The fourth-order valence-electron chi connectivity index (χ4n) is 4.34. The molecule has 0 bridgehead atoms. The Morgan fingerprint density at radius 3 is 2.17 bits per heavy atom. The summed E-state index contributed by atoms with van der Waals surface area (Å²) in [5, 5.41) is 2.89. The van der Waals surface area contributed by atoms with Gasteiger partial charge in [-0.3, -0.25) is 13.9 Å². The van der Waals surface area contributed by atoms with Crippen LogP contribution in [0, 0.1) is 5.82 Å². The van der Waals surface area contributed by atoms with E-state index in [2.05, 4.69) is 5.32 Å². The monoisotopic (exact) mass is 583 g/mol. The Morgan fingerprint density at radius 1 is 0.927 bits per heavy atom. The van der Waals surface area contributed by atoms with E-state index in [0.717, 1.165) is 17.1 Å². The smallest absolute Gasteiger partial charge is 0.264 e. The molecule has 0 saturated carbocycles. The summed E-state index contributed by atoms with van der Waals surface area (Å²) in [7, 11) is -4.16. The van der Waals surface area contributed by atoms with Crippen molar-refractivity contribution >= 4 is 27.5 Å². The predicted octanol–water partition coefficient (Wildman–Crippen LogP) is 5.14. The summed E-state index contributed by atoms with van der Waals surface area (Å²) >= 11 is 0. The lowest BCUT2D eigenvalue weighted by molar-refractivity contribution is -0.140. The number of carbonyl (C=O) groups is 2. The highest BCUT2D eigenvalue weighted by atomic mass is 32.2. The molecule has 0 heterocycles. The lowest BCUT2D eigenvalue weighted by Crippen LogP contribution is -2.52. The second-order valence-corrected chi connectivity index (χ2v) is 11.3. The summed E-state index contributed by atoms with van der Waals surface area (Å²) in [5.74, 6) is -0.755. The first kappa shape index (κ1) is 31.6. The van der Waals surface area contributed by atoms with Crippen LogP contribution in [0.25, 0.3) is 0 Å². The zero-order valence-corrected chi connectivity index (χ0v) is 24.6. The number of halogens is 1. The van der Waals surface area contributed by atoms with Crippen LogP contribution in [0.4, 0.5) is 10.1 Å². The van der Waals surface area contributed by atoms with Crippen LogP contribution in [0.2, 0.25) is 0 Å². The van der Waals surface area contributed by atoms with Crippen molar-refractivity contribution < 1.29 is 27.1 Å². The van der Waals surface area contributed by atoms with E-state index in [1.807, 2.05) is 13.8 Å². The highest BCUT2D eigenvalue weighted by Crippen LogP contribution is 2.27. The normalized spacial score (nSPS) is 11.9. The van der Waals surface area contributed by atoms with Gasteiger partial charge in [-0.2, -0.15) is 0 Å². The SMILES string of the molecule is CCCCNC(=O)[C@H](CC)N(Cc1ccc(F)cc1)C(=O)CN(c1ccc(OCC)cc1)S(=O)(=O)c1ccccc1. The first-order valence-electron chi connectivity index (χ1n) is 13.8. The third-order valence-electron chi connectivity index (χ3n) is 6.53. The van der Waals surface area contributed by atoms with Crippen molar-refractivity contribution in [3.8, 4) is 5.75 Å². The number of nitrogens with one attached hydrogen (secondary N) is 1. The van der Waals surface area contributed by atoms with Crippen LogP contribution in [-0.2, 0) is 26.2 Å². The molecule has 0 fully saturated rings. The maximum atomic E-state index is 14.0. The first-order valence-corrected chi connectivity index (χ1v) is 15.3. The number of nitrogens with zero attached hydrogens (tertiary/aromatic N) is 2. The van der Waals surface area contributed by atoms with Crippen LogP contribution >= 0.6 is 0 Å². The van der Waals surface area contributed by atoms with Gasteiger partial charge in [0.15, 0.2) is 0 Å². The zero-order valence-electron chi connectivity index (χ0n) is 23.8. The van der Waals surface area contributed by atoms with Crippen LogP contribution in [0.3, 0.4) is 0 Å². The molecule has 10 heteroatoms. The molecule has 0 saturated heterocycles. The van der Waals surface area contributed by atoms with E-state index in [1.165, 1.54) is 29.2 Å². The summed E-state index contributed by atoms with van der Waals surface area (Å²) in [4.78, 5) is 28.6. The van der Waals surface area contributed by atoms with Gasteiger partial charge in [0.1, 0.15) is 24.2 Å². The minimum atomic E-state index is -4.16. The molecule has 1 atom stereocenters. The van der Waals surface area contributed by atoms with Crippen molar-refractivity contribution in [1.29, 1.82) is 0 Å². The Balaban J connectivity index is 2.02.